The first kappa shape index (κ1) is 7.67. The molecule has 0 saturated heterocycles. The van der Waals surface area contributed by atoms with Crippen LogP contribution in [0.4, 0.5) is 0 Å². The molecule has 2 heterocycles. The highest BCUT2D eigenvalue weighted by Gasteiger charge is 2.07. The van der Waals surface area contributed by atoms with Gasteiger partial charge in [0.1, 0.15) is 0 Å². The Morgan fingerprint density at radius 2 is 2.08 bits per heavy atom. The molecule has 0 aromatic carbocycles. The first-order chi connectivity index (χ1) is 6.29. The van der Waals surface area contributed by atoms with Crippen LogP contribution in [0.5, 0.6) is 0 Å². The minimum Gasteiger partial charge on any atom is -0.478 e. The molecule has 0 fully saturated rings. The number of fused-ring (bicyclic) bond motifs is 1. The van der Waals surface area contributed by atoms with Crippen LogP contribution in [0.1, 0.15) is 10.4 Å². The number of hydrogen-bond donors (Lipinski definition) is 1. The zero-order chi connectivity index (χ0) is 9.26. The van der Waals surface area contributed by atoms with Crippen LogP contribution in [0.25, 0.3) is 10.8 Å². The van der Waals surface area contributed by atoms with E-state index in [0.717, 1.165) is 5.39 Å². The highest BCUT2D eigenvalue weighted by molar-refractivity contribution is 6.02. The molecule has 4 nitrogen and oxygen atoms in total. The molecule has 0 aliphatic carbocycles. The quantitative estimate of drug-likeness (QED) is 0.708. The lowest BCUT2D eigenvalue weighted by molar-refractivity contribution is 0.0698. The summed E-state index contributed by atoms with van der Waals surface area (Å²) in [6, 6.07) is 1.73. The van der Waals surface area contributed by atoms with Crippen LogP contribution < -0.4 is 0 Å². The Kier molecular flexibility index (Phi) is 1.66. The molecule has 4 heteroatoms. The van der Waals surface area contributed by atoms with E-state index in [9.17, 15) is 4.79 Å². The lowest BCUT2D eigenvalue weighted by atomic mass is 10.1. The van der Waals surface area contributed by atoms with E-state index in [1.165, 1.54) is 12.4 Å². The molecule has 0 saturated carbocycles. The zero-order valence-electron chi connectivity index (χ0n) is 6.64. The van der Waals surface area contributed by atoms with E-state index in [0.29, 0.717) is 5.39 Å². The number of rotatable bonds is 1. The highest BCUT2D eigenvalue weighted by Crippen LogP contribution is 2.15. The fourth-order valence-electron chi connectivity index (χ4n) is 1.17. The monoisotopic (exact) mass is 174 g/mol. The number of aromatic carboxylic acids is 1. The van der Waals surface area contributed by atoms with Crippen molar-refractivity contribution < 1.29 is 9.90 Å². The molecule has 2 rings (SSSR count). The number of nitrogens with zero attached hydrogens (tertiary/aromatic N) is 2. The molecule has 0 unspecified atom stereocenters. The molecular weight excluding hydrogens is 168 g/mol. The fraction of sp³-hybridized carbons (Fsp3) is 0. The van der Waals surface area contributed by atoms with Gasteiger partial charge in [0.05, 0.1) is 5.56 Å². The molecule has 2 aromatic heterocycles. The summed E-state index contributed by atoms with van der Waals surface area (Å²) >= 11 is 0. The SMILES string of the molecule is O=C(O)c1cncc2ccncc12. The fourth-order valence-corrected chi connectivity index (χ4v) is 1.17. The van der Waals surface area contributed by atoms with Gasteiger partial charge in [0, 0.05) is 35.6 Å². The van der Waals surface area contributed by atoms with Gasteiger partial charge in [-0.2, -0.15) is 0 Å². The summed E-state index contributed by atoms with van der Waals surface area (Å²) in [5.41, 5.74) is 0.186. The minimum absolute atomic E-state index is 0.186. The second kappa shape index (κ2) is 2.82. The molecule has 0 atom stereocenters. The maximum Gasteiger partial charge on any atom is 0.337 e. The van der Waals surface area contributed by atoms with Gasteiger partial charge in [-0.15, -0.1) is 0 Å². The summed E-state index contributed by atoms with van der Waals surface area (Å²) in [6.07, 6.45) is 6.08. The number of aromatic nitrogens is 2. The molecular formula is C9H6N2O2. The van der Waals surface area contributed by atoms with Gasteiger partial charge >= 0.3 is 5.97 Å². The van der Waals surface area contributed by atoms with Crippen molar-refractivity contribution in [1.29, 1.82) is 0 Å². The summed E-state index contributed by atoms with van der Waals surface area (Å²) in [7, 11) is 0. The van der Waals surface area contributed by atoms with Crippen LogP contribution >= 0.6 is 0 Å². The molecule has 0 aliphatic heterocycles. The van der Waals surface area contributed by atoms with Gasteiger partial charge in [-0.25, -0.2) is 4.79 Å². The third kappa shape index (κ3) is 1.22. The standard InChI is InChI=1S/C9H6N2O2/c12-9(13)8-5-11-3-6-1-2-10-4-7(6)8/h1-5H,(H,12,13). The Morgan fingerprint density at radius 1 is 1.23 bits per heavy atom. The first-order valence-electron chi connectivity index (χ1n) is 3.70. The smallest absolute Gasteiger partial charge is 0.337 e. The average molecular weight is 174 g/mol. The molecule has 1 N–H and O–H groups in total. The van der Waals surface area contributed by atoms with Crippen molar-refractivity contribution in [2.75, 3.05) is 0 Å². The molecule has 0 bridgehead atoms. The van der Waals surface area contributed by atoms with Crippen LogP contribution in [0.15, 0.2) is 30.9 Å². The first-order valence-corrected chi connectivity index (χ1v) is 3.70. The van der Waals surface area contributed by atoms with Gasteiger partial charge < -0.3 is 5.11 Å². The second-order valence-electron chi connectivity index (χ2n) is 2.59. The topological polar surface area (TPSA) is 63.1 Å². The maximum absolute atomic E-state index is 10.7. The molecule has 0 amide bonds. The normalized spacial score (nSPS) is 10.2. The van der Waals surface area contributed by atoms with Crippen LogP contribution in [0.3, 0.4) is 0 Å². The number of carbonyl (C=O) groups is 1. The van der Waals surface area contributed by atoms with Crippen LogP contribution in [-0.2, 0) is 0 Å². The Bertz CT molecular complexity index is 463. The van der Waals surface area contributed by atoms with E-state index in [1.54, 1.807) is 18.5 Å². The summed E-state index contributed by atoms with van der Waals surface area (Å²) < 4.78 is 0. The van der Waals surface area contributed by atoms with Gasteiger partial charge in [0.2, 0.25) is 0 Å². The predicted molar refractivity (Wildman–Crippen MR) is 46.5 cm³/mol. The number of carboxylic acids is 1. The van der Waals surface area contributed by atoms with Crippen LogP contribution in [0.2, 0.25) is 0 Å². The highest BCUT2D eigenvalue weighted by atomic mass is 16.4. The van der Waals surface area contributed by atoms with Crippen molar-refractivity contribution in [1.82, 2.24) is 9.97 Å². The number of carboxylic acid groups (broad SMARTS) is 1. The van der Waals surface area contributed by atoms with Crippen molar-refractivity contribution in [3.63, 3.8) is 0 Å². The number of pyridine rings is 2. The van der Waals surface area contributed by atoms with Crippen molar-refractivity contribution in [3.8, 4) is 0 Å². The molecule has 0 aliphatic rings. The van der Waals surface area contributed by atoms with Crippen molar-refractivity contribution in [2.24, 2.45) is 0 Å². The van der Waals surface area contributed by atoms with Gasteiger partial charge in [-0.3, -0.25) is 9.97 Å². The van der Waals surface area contributed by atoms with E-state index in [2.05, 4.69) is 9.97 Å². The minimum atomic E-state index is -0.980. The maximum atomic E-state index is 10.7. The summed E-state index contributed by atoms with van der Waals surface area (Å²) in [5.74, 6) is -0.980. The molecule has 2 aromatic rings. The number of hydrogen-bond acceptors (Lipinski definition) is 3. The van der Waals surface area contributed by atoms with Gasteiger partial charge in [0.15, 0.2) is 0 Å². The van der Waals surface area contributed by atoms with Gasteiger partial charge in [-0.05, 0) is 6.07 Å². The Labute approximate surface area is 73.9 Å². The van der Waals surface area contributed by atoms with Crippen molar-refractivity contribution in [2.45, 2.75) is 0 Å². The second-order valence-corrected chi connectivity index (χ2v) is 2.59. The van der Waals surface area contributed by atoms with Crippen molar-refractivity contribution >= 4 is 16.7 Å². The summed E-state index contributed by atoms with van der Waals surface area (Å²) in [6.45, 7) is 0. The third-order valence-electron chi connectivity index (χ3n) is 1.79. The Morgan fingerprint density at radius 3 is 2.85 bits per heavy atom. The van der Waals surface area contributed by atoms with Crippen molar-refractivity contribution in [3.05, 3.63) is 36.4 Å². The largest absolute Gasteiger partial charge is 0.478 e. The van der Waals surface area contributed by atoms with Gasteiger partial charge in [0.25, 0.3) is 0 Å². The average Bonchev–Trinajstić information content (AvgIpc) is 2.17. The summed E-state index contributed by atoms with van der Waals surface area (Å²) in [4.78, 5) is 18.4. The molecule has 64 valence electrons. The Hall–Kier alpha value is -1.97. The molecule has 13 heavy (non-hydrogen) atoms. The van der Waals surface area contributed by atoms with E-state index < -0.39 is 5.97 Å². The van der Waals surface area contributed by atoms with Crippen LogP contribution in [0, 0.1) is 0 Å². The van der Waals surface area contributed by atoms with E-state index in [-0.39, 0.29) is 5.56 Å². The van der Waals surface area contributed by atoms with E-state index >= 15 is 0 Å². The predicted octanol–water partition coefficient (Wildman–Crippen LogP) is 1.33. The molecule has 0 radical (unpaired) electrons. The lowest BCUT2D eigenvalue weighted by Crippen LogP contribution is -1.98. The molecule has 0 spiro atoms. The summed E-state index contributed by atoms with van der Waals surface area (Å²) in [5, 5.41) is 10.2. The lowest BCUT2D eigenvalue weighted by Gasteiger charge is -1.98. The van der Waals surface area contributed by atoms with E-state index in [4.69, 9.17) is 5.11 Å². The zero-order valence-corrected chi connectivity index (χ0v) is 6.64. The van der Waals surface area contributed by atoms with E-state index in [1.807, 2.05) is 0 Å². The van der Waals surface area contributed by atoms with Gasteiger partial charge in [-0.1, -0.05) is 0 Å². The Balaban J connectivity index is 2.83. The third-order valence-corrected chi connectivity index (χ3v) is 1.79. The van der Waals surface area contributed by atoms with Crippen LogP contribution in [-0.4, -0.2) is 21.0 Å².